The van der Waals surface area contributed by atoms with Crippen LogP contribution in [0.4, 0.5) is 10.2 Å². The topological polar surface area (TPSA) is 81.0 Å². The number of benzene rings is 1. The number of hydrogen-bond acceptors (Lipinski definition) is 4. The number of H-pyrrole nitrogens is 1. The zero-order valence-electron chi connectivity index (χ0n) is 9.47. The molecule has 0 fully saturated rings. The average molecular weight is 249 g/mol. The number of nitrogens with zero attached hydrogens (tertiary/aromatic N) is 1. The molecule has 0 bridgehead atoms. The van der Waals surface area contributed by atoms with Gasteiger partial charge < -0.3 is 10.5 Å². The fourth-order valence-corrected chi connectivity index (χ4v) is 1.70. The molecule has 5 nitrogen and oxygen atoms in total. The van der Waals surface area contributed by atoms with E-state index in [9.17, 15) is 9.18 Å². The van der Waals surface area contributed by atoms with Gasteiger partial charge >= 0.3 is 0 Å². The van der Waals surface area contributed by atoms with Crippen molar-refractivity contribution >= 4 is 12.3 Å². The molecule has 18 heavy (non-hydrogen) atoms. The first-order valence-electron chi connectivity index (χ1n) is 5.33. The predicted molar refractivity (Wildman–Crippen MR) is 63.0 cm³/mol. The van der Waals surface area contributed by atoms with Crippen molar-refractivity contribution in [1.82, 2.24) is 10.2 Å². The molecule has 0 saturated heterocycles. The van der Waals surface area contributed by atoms with Crippen LogP contribution in [0.25, 0.3) is 0 Å². The van der Waals surface area contributed by atoms with Gasteiger partial charge in [-0.15, -0.1) is 0 Å². The number of nitrogen functional groups attached to an aromatic ring is 1. The van der Waals surface area contributed by atoms with Gasteiger partial charge in [0.25, 0.3) is 6.47 Å². The van der Waals surface area contributed by atoms with Crippen molar-refractivity contribution in [3.05, 3.63) is 47.4 Å². The first-order chi connectivity index (χ1) is 8.70. The largest absolute Gasteiger partial charge is 0.459 e. The molecule has 1 heterocycles. The maximum absolute atomic E-state index is 13.1. The summed E-state index contributed by atoms with van der Waals surface area (Å²) in [4.78, 5) is 10.5. The van der Waals surface area contributed by atoms with Crippen molar-refractivity contribution in [2.45, 2.75) is 12.5 Å². The lowest BCUT2D eigenvalue weighted by atomic mass is 10.0. The Hall–Kier alpha value is -2.37. The van der Waals surface area contributed by atoms with Crippen molar-refractivity contribution in [2.24, 2.45) is 0 Å². The molecule has 1 aromatic carbocycles. The van der Waals surface area contributed by atoms with Gasteiger partial charge in [0.1, 0.15) is 17.7 Å². The van der Waals surface area contributed by atoms with E-state index >= 15 is 0 Å². The van der Waals surface area contributed by atoms with Gasteiger partial charge in [0, 0.05) is 12.0 Å². The SMILES string of the molecule is Nc1[nH]ncc1CC(OC=O)c1cccc(F)c1. The maximum atomic E-state index is 13.1. The summed E-state index contributed by atoms with van der Waals surface area (Å²) in [7, 11) is 0. The van der Waals surface area contributed by atoms with Crippen molar-refractivity contribution in [3.8, 4) is 0 Å². The molecule has 6 heteroatoms. The van der Waals surface area contributed by atoms with Gasteiger partial charge in [0.2, 0.25) is 0 Å². The summed E-state index contributed by atoms with van der Waals surface area (Å²) in [5.74, 6) is 0.0260. The summed E-state index contributed by atoms with van der Waals surface area (Å²) in [6, 6.07) is 5.90. The quantitative estimate of drug-likeness (QED) is 0.788. The zero-order chi connectivity index (χ0) is 13.0. The second-order valence-corrected chi connectivity index (χ2v) is 3.79. The van der Waals surface area contributed by atoms with Gasteiger partial charge in [0.05, 0.1) is 6.20 Å². The number of nitrogens with one attached hydrogen (secondary N) is 1. The summed E-state index contributed by atoms with van der Waals surface area (Å²) in [5.41, 5.74) is 6.94. The van der Waals surface area contributed by atoms with Gasteiger partial charge in [-0.1, -0.05) is 12.1 Å². The number of nitrogens with two attached hydrogens (primary N) is 1. The molecule has 0 aliphatic heterocycles. The van der Waals surface area contributed by atoms with E-state index in [1.54, 1.807) is 18.3 Å². The molecule has 1 unspecified atom stereocenters. The van der Waals surface area contributed by atoms with Crippen LogP contribution in [0.5, 0.6) is 0 Å². The summed E-state index contributed by atoms with van der Waals surface area (Å²) in [6.07, 6.45) is 1.30. The molecule has 1 atom stereocenters. The van der Waals surface area contributed by atoms with Crippen LogP contribution >= 0.6 is 0 Å². The number of aromatic amines is 1. The Morgan fingerprint density at radius 1 is 1.56 bits per heavy atom. The van der Waals surface area contributed by atoms with E-state index < -0.39 is 6.10 Å². The summed E-state index contributed by atoms with van der Waals surface area (Å²) >= 11 is 0. The van der Waals surface area contributed by atoms with Gasteiger partial charge in [-0.25, -0.2) is 4.39 Å². The number of rotatable bonds is 5. The minimum Gasteiger partial charge on any atom is -0.459 e. The molecule has 0 saturated carbocycles. The van der Waals surface area contributed by atoms with E-state index in [-0.39, 0.29) is 5.82 Å². The van der Waals surface area contributed by atoms with Crippen molar-refractivity contribution in [3.63, 3.8) is 0 Å². The normalized spacial score (nSPS) is 12.1. The van der Waals surface area contributed by atoms with Crippen LogP contribution in [-0.2, 0) is 16.0 Å². The Balaban J connectivity index is 2.23. The molecule has 94 valence electrons. The predicted octanol–water partition coefficient (Wildman–Crippen LogP) is 1.59. The third-order valence-corrected chi connectivity index (χ3v) is 2.60. The number of hydrogen-bond donors (Lipinski definition) is 2. The minimum absolute atomic E-state index is 0.338. The van der Waals surface area contributed by atoms with E-state index in [1.807, 2.05) is 0 Å². The molecular formula is C12H12FN3O2. The highest BCUT2D eigenvalue weighted by atomic mass is 19.1. The average Bonchev–Trinajstić information content (AvgIpc) is 2.74. The van der Waals surface area contributed by atoms with Crippen LogP contribution in [0, 0.1) is 5.82 Å². The fourth-order valence-electron chi connectivity index (χ4n) is 1.70. The van der Waals surface area contributed by atoms with Crippen LogP contribution in [0.15, 0.2) is 30.5 Å². The van der Waals surface area contributed by atoms with Crippen LogP contribution in [-0.4, -0.2) is 16.7 Å². The van der Waals surface area contributed by atoms with E-state index in [4.69, 9.17) is 10.5 Å². The minimum atomic E-state index is -0.585. The van der Waals surface area contributed by atoms with Crippen molar-refractivity contribution in [1.29, 1.82) is 0 Å². The molecule has 2 aromatic rings. The van der Waals surface area contributed by atoms with Crippen LogP contribution < -0.4 is 5.73 Å². The second-order valence-electron chi connectivity index (χ2n) is 3.79. The van der Waals surface area contributed by atoms with Crippen molar-refractivity contribution < 1.29 is 13.9 Å². The number of ether oxygens (including phenoxy) is 1. The highest BCUT2D eigenvalue weighted by molar-refractivity contribution is 5.41. The number of anilines is 1. The zero-order valence-corrected chi connectivity index (χ0v) is 9.47. The third-order valence-electron chi connectivity index (χ3n) is 2.60. The van der Waals surface area contributed by atoms with E-state index in [1.165, 1.54) is 12.1 Å². The lowest BCUT2D eigenvalue weighted by Crippen LogP contribution is -2.08. The lowest BCUT2D eigenvalue weighted by Gasteiger charge is -2.15. The number of carbonyl (C=O) groups is 1. The van der Waals surface area contributed by atoms with Gasteiger partial charge in [-0.05, 0) is 17.7 Å². The smallest absolute Gasteiger partial charge is 0.293 e. The standard InChI is InChI=1S/C12H12FN3O2/c13-10-3-1-2-8(4-10)11(18-7-17)5-9-6-15-16-12(9)14/h1-4,6-7,11H,5H2,(H3,14,15,16). The Labute approximate surface area is 103 Å². The second kappa shape index (κ2) is 5.31. The molecule has 0 aliphatic carbocycles. The number of carbonyl (C=O) groups excluding carboxylic acids is 1. The Morgan fingerprint density at radius 3 is 3.00 bits per heavy atom. The Bertz CT molecular complexity index is 542. The Morgan fingerprint density at radius 2 is 2.39 bits per heavy atom. The van der Waals surface area contributed by atoms with Crippen LogP contribution in [0.1, 0.15) is 17.2 Å². The molecule has 0 radical (unpaired) electrons. The fraction of sp³-hybridized carbons (Fsp3) is 0.167. The first kappa shape index (κ1) is 12.1. The number of halogens is 1. The van der Waals surface area contributed by atoms with E-state index in [0.717, 1.165) is 0 Å². The molecule has 3 N–H and O–H groups in total. The highest BCUT2D eigenvalue weighted by Crippen LogP contribution is 2.24. The molecular weight excluding hydrogens is 237 g/mol. The Kier molecular flexibility index (Phi) is 3.57. The van der Waals surface area contributed by atoms with Crippen LogP contribution in [0.2, 0.25) is 0 Å². The van der Waals surface area contributed by atoms with E-state index in [2.05, 4.69) is 10.2 Å². The summed E-state index contributed by atoms with van der Waals surface area (Å²) < 4.78 is 18.1. The molecule has 1 aromatic heterocycles. The molecule has 0 aliphatic rings. The van der Waals surface area contributed by atoms with E-state index in [0.29, 0.717) is 29.8 Å². The van der Waals surface area contributed by atoms with Crippen LogP contribution in [0.3, 0.4) is 0 Å². The number of aromatic nitrogens is 2. The summed E-state index contributed by atoms with van der Waals surface area (Å²) in [6.45, 7) is 0.339. The molecule has 0 spiro atoms. The van der Waals surface area contributed by atoms with Crippen molar-refractivity contribution in [2.75, 3.05) is 5.73 Å². The highest BCUT2D eigenvalue weighted by Gasteiger charge is 2.16. The lowest BCUT2D eigenvalue weighted by molar-refractivity contribution is -0.133. The molecule has 0 amide bonds. The summed E-state index contributed by atoms with van der Waals surface area (Å²) in [5, 5.41) is 6.37. The maximum Gasteiger partial charge on any atom is 0.293 e. The van der Waals surface area contributed by atoms with Gasteiger partial charge in [-0.2, -0.15) is 5.10 Å². The first-order valence-corrected chi connectivity index (χ1v) is 5.33. The molecule has 2 rings (SSSR count). The monoisotopic (exact) mass is 249 g/mol. The third kappa shape index (κ3) is 2.65. The van der Waals surface area contributed by atoms with Gasteiger partial charge in [0.15, 0.2) is 0 Å². The van der Waals surface area contributed by atoms with Gasteiger partial charge in [-0.3, -0.25) is 9.89 Å².